The monoisotopic (exact) mass is 403 g/mol. The fourth-order valence-corrected chi connectivity index (χ4v) is 4.33. The van der Waals surface area contributed by atoms with Crippen LogP contribution in [-0.4, -0.2) is 40.0 Å². The molecule has 142 valence electrons. The van der Waals surface area contributed by atoms with Crippen molar-refractivity contribution in [3.63, 3.8) is 0 Å². The number of phenolic OH excluding ortho intramolecular Hbond substituents is 1. The molecule has 4 nitrogen and oxygen atoms in total. The zero-order valence-corrected chi connectivity index (χ0v) is 16.7. The predicted molar refractivity (Wildman–Crippen MR) is 109 cm³/mol. The Kier molecular flexibility index (Phi) is 6.45. The quantitative estimate of drug-likeness (QED) is 0.583. The first-order valence-corrected chi connectivity index (χ1v) is 10.2. The van der Waals surface area contributed by atoms with E-state index in [0.29, 0.717) is 36.5 Å². The lowest BCUT2D eigenvalue weighted by atomic mass is 9.89. The summed E-state index contributed by atoms with van der Waals surface area (Å²) in [5.41, 5.74) is 0.615. The number of ketones is 1. The lowest BCUT2D eigenvalue weighted by Gasteiger charge is -2.33. The number of carbonyl (C=O) groups is 2. The summed E-state index contributed by atoms with van der Waals surface area (Å²) in [6.45, 7) is 3.10. The van der Waals surface area contributed by atoms with Crippen molar-refractivity contribution < 1.29 is 14.7 Å². The molecule has 3 rings (SSSR count). The van der Waals surface area contributed by atoms with Gasteiger partial charge in [0.1, 0.15) is 5.75 Å². The molecule has 2 aromatic carbocycles. The highest BCUT2D eigenvalue weighted by molar-refractivity contribution is 8.00. The SMILES string of the molecule is CC(Sc1ccc(Cl)cc1)C(=O)N1CCC(C(=O)c2ccc(O)cc2)CC1. The fraction of sp³-hybridized carbons (Fsp3) is 0.333. The molecule has 1 saturated heterocycles. The van der Waals surface area contributed by atoms with Crippen LogP contribution in [0.1, 0.15) is 30.1 Å². The number of hydrogen-bond acceptors (Lipinski definition) is 4. The molecular weight excluding hydrogens is 382 g/mol. The van der Waals surface area contributed by atoms with Gasteiger partial charge in [-0.25, -0.2) is 0 Å². The van der Waals surface area contributed by atoms with Crippen molar-refractivity contribution in [1.82, 2.24) is 4.90 Å². The van der Waals surface area contributed by atoms with Gasteiger partial charge in [-0.05, 0) is 68.3 Å². The van der Waals surface area contributed by atoms with Crippen LogP contribution < -0.4 is 0 Å². The number of benzene rings is 2. The first-order chi connectivity index (χ1) is 12.9. The second-order valence-electron chi connectivity index (χ2n) is 6.72. The molecule has 1 atom stereocenters. The van der Waals surface area contributed by atoms with Gasteiger partial charge in [0.05, 0.1) is 5.25 Å². The van der Waals surface area contributed by atoms with E-state index in [0.717, 1.165) is 4.90 Å². The summed E-state index contributed by atoms with van der Waals surface area (Å²) in [5.74, 6) is 0.271. The summed E-state index contributed by atoms with van der Waals surface area (Å²) in [5, 5.41) is 9.85. The Morgan fingerprint density at radius 1 is 1.07 bits per heavy atom. The van der Waals surface area contributed by atoms with Gasteiger partial charge in [0, 0.05) is 34.5 Å². The first kappa shape index (κ1) is 19.8. The van der Waals surface area contributed by atoms with Gasteiger partial charge in [0.15, 0.2) is 5.78 Å². The Labute approximate surface area is 168 Å². The van der Waals surface area contributed by atoms with Gasteiger partial charge >= 0.3 is 0 Å². The fourth-order valence-electron chi connectivity index (χ4n) is 3.25. The van der Waals surface area contributed by atoms with Gasteiger partial charge in [-0.2, -0.15) is 0 Å². The van der Waals surface area contributed by atoms with Crippen LogP contribution in [0.25, 0.3) is 0 Å². The van der Waals surface area contributed by atoms with Crippen LogP contribution in [0.3, 0.4) is 0 Å². The zero-order chi connectivity index (χ0) is 19.4. The number of aromatic hydroxyl groups is 1. The molecule has 2 aromatic rings. The highest BCUT2D eigenvalue weighted by atomic mass is 35.5. The number of hydrogen-bond donors (Lipinski definition) is 1. The Balaban J connectivity index is 1.53. The molecule has 0 saturated carbocycles. The number of rotatable bonds is 5. The van der Waals surface area contributed by atoms with Gasteiger partial charge in [0.25, 0.3) is 0 Å². The van der Waals surface area contributed by atoms with E-state index in [2.05, 4.69) is 0 Å². The number of thioether (sulfide) groups is 1. The summed E-state index contributed by atoms with van der Waals surface area (Å²) >= 11 is 7.42. The van der Waals surface area contributed by atoms with Crippen molar-refractivity contribution in [1.29, 1.82) is 0 Å². The van der Waals surface area contributed by atoms with Crippen molar-refractivity contribution in [3.05, 3.63) is 59.1 Å². The molecule has 0 radical (unpaired) electrons. The van der Waals surface area contributed by atoms with E-state index in [1.165, 1.54) is 23.9 Å². The number of amides is 1. The molecule has 6 heteroatoms. The molecule has 27 heavy (non-hydrogen) atoms. The minimum absolute atomic E-state index is 0.0715. The van der Waals surface area contributed by atoms with Crippen LogP contribution in [0.2, 0.25) is 5.02 Å². The van der Waals surface area contributed by atoms with Gasteiger partial charge in [-0.1, -0.05) is 11.6 Å². The van der Waals surface area contributed by atoms with Crippen LogP contribution in [0.15, 0.2) is 53.4 Å². The van der Waals surface area contributed by atoms with Crippen LogP contribution in [0.4, 0.5) is 0 Å². The highest BCUT2D eigenvalue weighted by Crippen LogP contribution is 2.28. The molecule has 0 aromatic heterocycles. The number of halogens is 1. The molecular formula is C21H22ClNO3S. The molecule has 0 bridgehead atoms. The number of Topliss-reactive ketones (excluding diaryl/α,β-unsaturated/α-hetero) is 1. The van der Waals surface area contributed by atoms with E-state index >= 15 is 0 Å². The standard InChI is InChI=1S/C21H22ClNO3S/c1-14(27-19-8-4-17(22)5-9-19)21(26)23-12-10-16(11-13-23)20(25)15-2-6-18(24)7-3-15/h2-9,14,16,24H,10-13H2,1H3. The Hall–Kier alpha value is -1.98. The first-order valence-electron chi connectivity index (χ1n) is 8.98. The number of nitrogens with zero attached hydrogens (tertiary/aromatic N) is 1. The van der Waals surface area contributed by atoms with Crippen LogP contribution in [-0.2, 0) is 4.79 Å². The van der Waals surface area contributed by atoms with E-state index in [4.69, 9.17) is 11.6 Å². The average molecular weight is 404 g/mol. The lowest BCUT2D eigenvalue weighted by molar-refractivity contribution is -0.131. The zero-order valence-electron chi connectivity index (χ0n) is 15.1. The third kappa shape index (κ3) is 5.05. The maximum atomic E-state index is 12.7. The van der Waals surface area contributed by atoms with Crippen molar-refractivity contribution in [2.24, 2.45) is 5.92 Å². The Morgan fingerprint density at radius 2 is 1.67 bits per heavy atom. The van der Waals surface area contributed by atoms with Crippen LogP contribution >= 0.6 is 23.4 Å². The van der Waals surface area contributed by atoms with Gasteiger partial charge < -0.3 is 10.0 Å². The molecule has 1 fully saturated rings. The number of likely N-dealkylation sites (tertiary alicyclic amines) is 1. The van der Waals surface area contributed by atoms with Gasteiger partial charge in [0.2, 0.25) is 5.91 Å². The van der Waals surface area contributed by atoms with Gasteiger partial charge in [-0.15, -0.1) is 11.8 Å². The third-order valence-electron chi connectivity index (χ3n) is 4.80. The van der Waals surface area contributed by atoms with E-state index in [1.807, 2.05) is 36.1 Å². The van der Waals surface area contributed by atoms with Gasteiger partial charge in [-0.3, -0.25) is 9.59 Å². The minimum Gasteiger partial charge on any atom is -0.508 e. The summed E-state index contributed by atoms with van der Waals surface area (Å²) in [7, 11) is 0. The van der Waals surface area contributed by atoms with Crippen LogP contribution in [0, 0.1) is 5.92 Å². The number of carbonyl (C=O) groups excluding carboxylic acids is 2. The topological polar surface area (TPSA) is 57.6 Å². The Bertz CT molecular complexity index is 799. The average Bonchev–Trinajstić information content (AvgIpc) is 2.69. The number of phenols is 1. The molecule has 0 aliphatic carbocycles. The largest absolute Gasteiger partial charge is 0.508 e. The molecule has 1 amide bonds. The van der Waals surface area contributed by atoms with E-state index in [-0.39, 0.29) is 28.6 Å². The maximum absolute atomic E-state index is 12.7. The van der Waals surface area contributed by atoms with Crippen molar-refractivity contribution in [2.45, 2.75) is 29.9 Å². The predicted octanol–water partition coefficient (Wildman–Crippen LogP) is 4.65. The highest BCUT2D eigenvalue weighted by Gasteiger charge is 2.30. The lowest BCUT2D eigenvalue weighted by Crippen LogP contribution is -2.43. The molecule has 1 unspecified atom stereocenters. The smallest absolute Gasteiger partial charge is 0.235 e. The van der Waals surface area contributed by atoms with Crippen molar-refractivity contribution in [3.8, 4) is 5.75 Å². The normalized spacial score (nSPS) is 16.1. The van der Waals surface area contributed by atoms with Crippen molar-refractivity contribution in [2.75, 3.05) is 13.1 Å². The van der Waals surface area contributed by atoms with E-state index in [1.54, 1.807) is 12.1 Å². The second-order valence-corrected chi connectivity index (χ2v) is 8.58. The third-order valence-corrected chi connectivity index (χ3v) is 6.16. The minimum atomic E-state index is -0.185. The van der Waals surface area contributed by atoms with Crippen molar-refractivity contribution >= 4 is 35.1 Å². The maximum Gasteiger partial charge on any atom is 0.235 e. The van der Waals surface area contributed by atoms with E-state index < -0.39 is 0 Å². The summed E-state index contributed by atoms with van der Waals surface area (Å²) in [4.78, 5) is 28.2. The number of piperidine rings is 1. The summed E-state index contributed by atoms with van der Waals surface area (Å²) in [6.07, 6.45) is 1.34. The summed E-state index contributed by atoms with van der Waals surface area (Å²) in [6, 6.07) is 13.8. The molecule has 1 aliphatic heterocycles. The van der Waals surface area contributed by atoms with E-state index in [9.17, 15) is 14.7 Å². The molecule has 1 heterocycles. The Morgan fingerprint density at radius 3 is 2.26 bits per heavy atom. The second kappa shape index (κ2) is 8.81. The van der Waals surface area contributed by atoms with Crippen LogP contribution in [0.5, 0.6) is 5.75 Å². The molecule has 1 aliphatic rings. The molecule has 1 N–H and O–H groups in total. The summed E-state index contributed by atoms with van der Waals surface area (Å²) < 4.78 is 0. The molecule has 0 spiro atoms.